The first-order chi connectivity index (χ1) is 13.1. The minimum Gasteiger partial charge on any atom is -0.497 e. The second kappa shape index (κ2) is 9.17. The lowest BCUT2D eigenvalue weighted by atomic mass is 10.2. The van der Waals surface area contributed by atoms with Crippen LogP contribution in [0.25, 0.3) is 6.08 Å². The van der Waals surface area contributed by atoms with Gasteiger partial charge in [0.2, 0.25) is 0 Å². The summed E-state index contributed by atoms with van der Waals surface area (Å²) < 4.78 is 7.12. The van der Waals surface area contributed by atoms with Crippen LogP contribution in [-0.4, -0.2) is 70.6 Å². The average Bonchev–Trinajstić information content (AvgIpc) is 3.28. The summed E-state index contributed by atoms with van der Waals surface area (Å²) in [6.07, 6.45) is 7.93. The molecule has 1 aliphatic heterocycles. The summed E-state index contributed by atoms with van der Waals surface area (Å²) in [6.45, 7) is 6.17. The van der Waals surface area contributed by atoms with Crippen molar-refractivity contribution in [2.24, 2.45) is 0 Å². The first-order valence-corrected chi connectivity index (χ1v) is 9.51. The zero-order valence-corrected chi connectivity index (χ0v) is 16.5. The second-order valence-electron chi connectivity index (χ2n) is 7.15. The van der Waals surface area contributed by atoms with Crippen LogP contribution in [0.2, 0.25) is 0 Å². The molecule has 3 rings (SSSR count). The molecule has 0 spiro atoms. The number of aryl methyl sites for hydroxylation is 1. The lowest BCUT2D eigenvalue weighted by Gasteiger charge is -2.26. The van der Waals surface area contributed by atoms with Gasteiger partial charge < -0.3 is 9.84 Å². The number of nitrogens with zero attached hydrogens (tertiary/aromatic N) is 4. The highest BCUT2D eigenvalue weighted by molar-refractivity contribution is 5.50. The van der Waals surface area contributed by atoms with E-state index in [2.05, 4.69) is 47.2 Å². The number of aliphatic hydroxyl groups is 1. The molecule has 0 bridgehead atoms. The lowest BCUT2D eigenvalue weighted by molar-refractivity contribution is 0.0950. The number of hydrogen-bond donors (Lipinski definition) is 1. The van der Waals surface area contributed by atoms with Crippen LogP contribution in [0, 0.1) is 0 Å². The molecule has 2 aromatic rings. The Kier molecular flexibility index (Phi) is 6.66. The molecule has 1 aromatic carbocycles. The third-order valence-electron chi connectivity index (χ3n) is 5.13. The van der Waals surface area contributed by atoms with Crippen LogP contribution in [0.3, 0.4) is 0 Å². The Morgan fingerprint density at radius 1 is 1.30 bits per heavy atom. The minimum absolute atomic E-state index is 0.143. The van der Waals surface area contributed by atoms with Crippen molar-refractivity contribution in [3.63, 3.8) is 0 Å². The fourth-order valence-corrected chi connectivity index (χ4v) is 3.55. The third kappa shape index (κ3) is 5.19. The number of ether oxygens (including phenoxy) is 1. The van der Waals surface area contributed by atoms with Gasteiger partial charge >= 0.3 is 0 Å². The molecule has 0 amide bonds. The number of aromatic nitrogens is 2. The predicted octanol–water partition coefficient (Wildman–Crippen LogP) is 2.10. The molecule has 0 aliphatic carbocycles. The topological polar surface area (TPSA) is 53.8 Å². The molecule has 146 valence electrons. The van der Waals surface area contributed by atoms with E-state index in [1.165, 1.54) is 5.56 Å². The van der Waals surface area contributed by atoms with Gasteiger partial charge in [0.1, 0.15) is 5.75 Å². The van der Waals surface area contributed by atoms with Crippen molar-refractivity contribution < 1.29 is 9.84 Å². The van der Waals surface area contributed by atoms with E-state index in [0.717, 1.165) is 37.5 Å². The Hall–Kier alpha value is -2.15. The van der Waals surface area contributed by atoms with Crippen molar-refractivity contribution in [2.75, 3.05) is 33.8 Å². The van der Waals surface area contributed by atoms with Crippen LogP contribution < -0.4 is 4.74 Å². The summed E-state index contributed by atoms with van der Waals surface area (Å²) in [5.74, 6) is 0.866. The number of aliphatic hydroxyl groups excluding tert-OH is 1. The van der Waals surface area contributed by atoms with Crippen molar-refractivity contribution in [1.29, 1.82) is 0 Å². The van der Waals surface area contributed by atoms with Crippen LogP contribution in [0.15, 0.2) is 42.7 Å². The summed E-state index contributed by atoms with van der Waals surface area (Å²) in [5, 5.41) is 14.8. The van der Waals surface area contributed by atoms with Crippen molar-refractivity contribution in [3.05, 3.63) is 53.9 Å². The van der Waals surface area contributed by atoms with Gasteiger partial charge in [-0.2, -0.15) is 5.10 Å². The molecule has 2 atom stereocenters. The molecule has 0 radical (unpaired) electrons. The van der Waals surface area contributed by atoms with Gasteiger partial charge in [0, 0.05) is 50.5 Å². The number of hydrogen-bond acceptors (Lipinski definition) is 5. The van der Waals surface area contributed by atoms with E-state index in [1.54, 1.807) is 7.11 Å². The maximum atomic E-state index is 10.5. The largest absolute Gasteiger partial charge is 0.497 e. The number of benzene rings is 1. The number of methoxy groups -OCH3 is 1. The molecule has 2 unspecified atom stereocenters. The van der Waals surface area contributed by atoms with E-state index in [1.807, 2.05) is 35.1 Å². The normalized spacial score (nSPS) is 20.8. The Morgan fingerprint density at radius 2 is 2.07 bits per heavy atom. The van der Waals surface area contributed by atoms with E-state index in [-0.39, 0.29) is 12.1 Å². The van der Waals surface area contributed by atoms with E-state index < -0.39 is 0 Å². The Bertz CT molecular complexity index is 741. The van der Waals surface area contributed by atoms with Gasteiger partial charge in [0.15, 0.2) is 0 Å². The first kappa shape index (κ1) is 19.6. The molecule has 1 aromatic heterocycles. The second-order valence-corrected chi connectivity index (χ2v) is 7.15. The van der Waals surface area contributed by atoms with Gasteiger partial charge in [-0.15, -0.1) is 0 Å². The number of likely N-dealkylation sites (tertiary alicyclic amines) is 1. The first-order valence-electron chi connectivity index (χ1n) is 9.51. The quantitative estimate of drug-likeness (QED) is 0.771. The zero-order valence-electron chi connectivity index (χ0n) is 16.5. The molecule has 1 saturated heterocycles. The van der Waals surface area contributed by atoms with Gasteiger partial charge in [0.05, 0.1) is 19.4 Å². The fourth-order valence-electron chi connectivity index (χ4n) is 3.55. The summed E-state index contributed by atoms with van der Waals surface area (Å²) >= 11 is 0. The highest BCUT2D eigenvalue weighted by Crippen LogP contribution is 2.18. The molecule has 0 saturated carbocycles. The van der Waals surface area contributed by atoms with Crippen LogP contribution in [0.1, 0.15) is 18.1 Å². The van der Waals surface area contributed by atoms with Crippen LogP contribution in [0.4, 0.5) is 0 Å². The van der Waals surface area contributed by atoms with Gasteiger partial charge in [-0.25, -0.2) is 0 Å². The number of β-amino-alcohol motifs (C(OH)–C–C–N with tert-alkyl or cyclic N) is 1. The SMILES string of the molecule is CCn1cc(CN(C)C2CN(CC=Cc3ccc(OC)cc3)CC2O)cn1. The zero-order chi connectivity index (χ0) is 19.2. The van der Waals surface area contributed by atoms with Gasteiger partial charge in [0.25, 0.3) is 0 Å². The summed E-state index contributed by atoms with van der Waals surface area (Å²) in [7, 11) is 3.75. The maximum Gasteiger partial charge on any atom is 0.118 e. The molecule has 27 heavy (non-hydrogen) atoms. The Labute approximate surface area is 161 Å². The summed E-state index contributed by atoms with van der Waals surface area (Å²) in [5.41, 5.74) is 2.33. The minimum atomic E-state index is -0.328. The molecular weight excluding hydrogens is 340 g/mol. The van der Waals surface area contributed by atoms with Crippen LogP contribution in [0.5, 0.6) is 5.75 Å². The summed E-state index contributed by atoms with van der Waals surface area (Å²) in [4.78, 5) is 4.52. The predicted molar refractivity (Wildman–Crippen MR) is 108 cm³/mol. The van der Waals surface area contributed by atoms with E-state index in [4.69, 9.17) is 4.74 Å². The van der Waals surface area contributed by atoms with Crippen molar-refractivity contribution in [3.8, 4) is 5.75 Å². The molecule has 2 heterocycles. The van der Waals surface area contributed by atoms with E-state index in [0.29, 0.717) is 6.54 Å². The lowest BCUT2D eigenvalue weighted by Crippen LogP contribution is -2.40. The van der Waals surface area contributed by atoms with E-state index >= 15 is 0 Å². The number of rotatable bonds is 8. The van der Waals surface area contributed by atoms with Gasteiger partial charge in [-0.1, -0.05) is 24.3 Å². The van der Waals surface area contributed by atoms with Gasteiger partial charge in [-0.3, -0.25) is 14.5 Å². The van der Waals surface area contributed by atoms with Gasteiger partial charge in [-0.05, 0) is 31.7 Å². The number of likely N-dealkylation sites (N-methyl/N-ethyl adjacent to an activating group) is 1. The average molecular weight is 370 g/mol. The van der Waals surface area contributed by atoms with Crippen molar-refractivity contribution in [1.82, 2.24) is 19.6 Å². The maximum absolute atomic E-state index is 10.5. The molecule has 1 aliphatic rings. The van der Waals surface area contributed by atoms with Crippen LogP contribution >= 0.6 is 0 Å². The Balaban J connectivity index is 1.50. The molecule has 1 fully saturated rings. The smallest absolute Gasteiger partial charge is 0.118 e. The third-order valence-corrected chi connectivity index (χ3v) is 5.13. The van der Waals surface area contributed by atoms with E-state index in [9.17, 15) is 5.11 Å². The molecular formula is C21H30N4O2. The molecule has 6 nitrogen and oxygen atoms in total. The monoisotopic (exact) mass is 370 g/mol. The van der Waals surface area contributed by atoms with Crippen molar-refractivity contribution in [2.45, 2.75) is 32.2 Å². The molecule has 6 heteroatoms. The standard InChI is InChI=1S/C21H30N4O2/c1-4-25-14-18(12-22-25)13-23(2)20-15-24(16-21(20)26)11-5-6-17-7-9-19(27-3)10-8-17/h5-10,12,14,20-21,26H,4,11,13,15-16H2,1-3H3. The highest BCUT2D eigenvalue weighted by atomic mass is 16.5. The molecule has 1 N–H and O–H groups in total. The summed E-state index contributed by atoms with van der Waals surface area (Å²) in [6, 6.07) is 8.16. The highest BCUT2D eigenvalue weighted by Gasteiger charge is 2.33. The fraction of sp³-hybridized carbons (Fsp3) is 0.476. The van der Waals surface area contributed by atoms with Crippen LogP contribution in [-0.2, 0) is 13.1 Å². The van der Waals surface area contributed by atoms with Crippen molar-refractivity contribution >= 4 is 6.08 Å². The Morgan fingerprint density at radius 3 is 2.74 bits per heavy atom.